The van der Waals surface area contributed by atoms with Crippen molar-refractivity contribution in [3.8, 4) is 56.4 Å². The molecule has 11 rings (SSSR count). The summed E-state index contributed by atoms with van der Waals surface area (Å²) < 4.78 is 0. The lowest BCUT2D eigenvalue weighted by atomic mass is 9.89. The average molecular weight is 768 g/mol. The summed E-state index contributed by atoms with van der Waals surface area (Å²) in [4.78, 5) is 19.9. The molecule has 5 heteroatoms. The fraction of sp³-hybridized carbons (Fsp3) is 0. The van der Waals surface area contributed by atoms with Gasteiger partial charge in [-0.2, -0.15) is 0 Å². The first-order valence-electron chi connectivity index (χ1n) is 20.2. The number of hydrogen-bond acceptors (Lipinski definition) is 5. The highest BCUT2D eigenvalue weighted by atomic mass is 15.2. The number of nitrogens with zero attached hydrogens (tertiary/aromatic N) is 5. The van der Waals surface area contributed by atoms with Crippen LogP contribution in [-0.4, -0.2) is 15.0 Å². The van der Waals surface area contributed by atoms with E-state index in [-0.39, 0.29) is 0 Å². The Hall–Kier alpha value is -8.15. The number of anilines is 6. The minimum absolute atomic E-state index is 0.620. The van der Waals surface area contributed by atoms with Crippen molar-refractivity contribution in [3.63, 3.8) is 0 Å². The van der Waals surface area contributed by atoms with Gasteiger partial charge in [-0.3, -0.25) is 0 Å². The Bertz CT molecular complexity index is 3060. The topological polar surface area (TPSA) is 45.2 Å². The maximum Gasteiger partial charge on any atom is 0.164 e. The summed E-state index contributed by atoms with van der Waals surface area (Å²) in [5, 5.41) is 2.35. The van der Waals surface area contributed by atoms with Crippen LogP contribution in [0.2, 0.25) is 0 Å². The number of rotatable bonds is 8. The van der Waals surface area contributed by atoms with Crippen LogP contribution in [0.15, 0.2) is 224 Å². The van der Waals surface area contributed by atoms with E-state index in [9.17, 15) is 0 Å². The summed E-state index contributed by atoms with van der Waals surface area (Å²) in [6.07, 6.45) is 0. The number of para-hydroxylation sites is 2. The third-order valence-corrected chi connectivity index (χ3v) is 11.2. The SMILES string of the molecule is c1ccc(-c2ccc(N(c3ccccc3)c3ccc4c5c(cccc35)-c3ccc(-c5nc(-c6ccccc6)nc(-c6ccccc6)n5)cc3N4c3ccccc3)cc2)cc1. The fourth-order valence-corrected chi connectivity index (χ4v) is 8.42. The molecule has 0 radical (unpaired) electrons. The molecule has 10 aromatic rings. The number of hydrogen-bond donors (Lipinski definition) is 0. The van der Waals surface area contributed by atoms with Crippen LogP contribution in [-0.2, 0) is 0 Å². The molecule has 0 fully saturated rings. The maximum atomic E-state index is 5.09. The average Bonchev–Trinajstić information content (AvgIpc) is 3.33. The molecular formula is C55H37N5. The second-order valence-corrected chi connectivity index (χ2v) is 14.9. The summed E-state index contributed by atoms with van der Waals surface area (Å²) >= 11 is 0. The van der Waals surface area contributed by atoms with Gasteiger partial charge in [-0.1, -0.05) is 170 Å². The van der Waals surface area contributed by atoms with Crippen LogP contribution >= 0.6 is 0 Å². The van der Waals surface area contributed by atoms with Crippen LogP contribution in [0, 0.1) is 0 Å². The van der Waals surface area contributed by atoms with Crippen LogP contribution < -0.4 is 9.80 Å². The van der Waals surface area contributed by atoms with Gasteiger partial charge in [0, 0.05) is 50.1 Å². The highest BCUT2D eigenvalue weighted by Gasteiger charge is 2.29. The van der Waals surface area contributed by atoms with Crippen LogP contribution in [0.5, 0.6) is 0 Å². The third-order valence-electron chi connectivity index (χ3n) is 11.2. The molecule has 282 valence electrons. The van der Waals surface area contributed by atoms with E-state index in [1.807, 2.05) is 60.7 Å². The second kappa shape index (κ2) is 15.0. The van der Waals surface area contributed by atoms with Gasteiger partial charge in [-0.15, -0.1) is 0 Å². The number of fused-ring (bicyclic) bond motifs is 2. The monoisotopic (exact) mass is 767 g/mol. The van der Waals surface area contributed by atoms with Gasteiger partial charge >= 0.3 is 0 Å². The molecule has 1 aliphatic rings. The zero-order valence-corrected chi connectivity index (χ0v) is 32.6. The third kappa shape index (κ3) is 6.26. The molecule has 60 heavy (non-hydrogen) atoms. The molecule has 2 heterocycles. The second-order valence-electron chi connectivity index (χ2n) is 14.9. The zero-order chi connectivity index (χ0) is 39.8. The lowest BCUT2D eigenvalue weighted by Gasteiger charge is -2.35. The van der Waals surface area contributed by atoms with Crippen molar-refractivity contribution in [3.05, 3.63) is 224 Å². The van der Waals surface area contributed by atoms with Crippen molar-refractivity contribution in [1.82, 2.24) is 15.0 Å². The normalized spacial score (nSPS) is 11.6. The standard InChI is InChI=1S/C55H37N5/c1-6-17-38(18-7-1)39-29-32-45(33-30-39)59(43-23-12-4-13-24-43)49-35-36-50-52-47(27-16-28-48(49)52)46-34-31-42(37-51(46)60(50)44-25-14-5-15-26-44)55-57-53(40-19-8-2-9-20-40)56-54(58-55)41-21-10-3-11-22-41/h1-37H. The Balaban J connectivity index is 1.10. The van der Waals surface area contributed by atoms with E-state index in [0.29, 0.717) is 17.5 Å². The van der Waals surface area contributed by atoms with Crippen LogP contribution in [0.4, 0.5) is 34.1 Å². The van der Waals surface area contributed by atoms with Crippen LogP contribution in [0.1, 0.15) is 0 Å². The predicted octanol–water partition coefficient (Wildman–Crippen LogP) is 14.6. The molecule has 0 N–H and O–H groups in total. The fourth-order valence-electron chi connectivity index (χ4n) is 8.42. The Morgan fingerprint density at radius 2 is 0.833 bits per heavy atom. The molecule has 0 amide bonds. The van der Waals surface area contributed by atoms with Gasteiger partial charge in [0.25, 0.3) is 0 Å². The van der Waals surface area contributed by atoms with Gasteiger partial charge in [-0.05, 0) is 71.3 Å². The number of aromatic nitrogens is 3. The van der Waals surface area contributed by atoms with Crippen molar-refractivity contribution in [2.45, 2.75) is 0 Å². The molecule has 9 aromatic carbocycles. The van der Waals surface area contributed by atoms with Crippen LogP contribution in [0.3, 0.4) is 0 Å². The van der Waals surface area contributed by atoms with Crippen molar-refractivity contribution < 1.29 is 0 Å². The molecule has 0 unspecified atom stereocenters. The van der Waals surface area contributed by atoms with E-state index in [0.717, 1.165) is 61.8 Å². The smallest absolute Gasteiger partial charge is 0.164 e. The van der Waals surface area contributed by atoms with E-state index < -0.39 is 0 Å². The summed E-state index contributed by atoms with van der Waals surface area (Å²) in [6.45, 7) is 0. The first-order valence-corrected chi connectivity index (χ1v) is 20.2. The Labute approximate surface area is 349 Å². The predicted molar refractivity (Wildman–Crippen MR) is 247 cm³/mol. The van der Waals surface area contributed by atoms with Crippen molar-refractivity contribution in [2.75, 3.05) is 9.80 Å². The van der Waals surface area contributed by atoms with Gasteiger partial charge in [0.05, 0.1) is 17.1 Å². The van der Waals surface area contributed by atoms with E-state index >= 15 is 0 Å². The summed E-state index contributed by atoms with van der Waals surface area (Å²) in [6, 6.07) is 78.8. The van der Waals surface area contributed by atoms with Gasteiger partial charge in [0.15, 0.2) is 17.5 Å². The Morgan fingerprint density at radius 3 is 1.45 bits per heavy atom. The minimum atomic E-state index is 0.620. The van der Waals surface area contributed by atoms with Crippen LogP contribution in [0.25, 0.3) is 67.2 Å². The molecule has 0 saturated heterocycles. The highest BCUT2D eigenvalue weighted by molar-refractivity contribution is 6.18. The lowest BCUT2D eigenvalue weighted by molar-refractivity contribution is 1.07. The minimum Gasteiger partial charge on any atom is -0.310 e. The highest BCUT2D eigenvalue weighted by Crippen LogP contribution is 2.54. The summed E-state index contributed by atoms with van der Waals surface area (Å²) in [7, 11) is 0. The van der Waals surface area contributed by atoms with E-state index in [4.69, 9.17) is 15.0 Å². The molecule has 0 aliphatic carbocycles. The van der Waals surface area contributed by atoms with Gasteiger partial charge < -0.3 is 9.80 Å². The van der Waals surface area contributed by atoms with Gasteiger partial charge in [0.1, 0.15) is 0 Å². The summed E-state index contributed by atoms with van der Waals surface area (Å²) in [5.74, 6) is 1.89. The Morgan fingerprint density at radius 1 is 0.333 bits per heavy atom. The van der Waals surface area contributed by atoms with Gasteiger partial charge in [0.2, 0.25) is 0 Å². The van der Waals surface area contributed by atoms with Crippen molar-refractivity contribution in [2.24, 2.45) is 0 Å². The van der Waals surface area contributed by atoms with E-state index in [2.05, 4.69) is 174 Å². The molecule has 0 spiro atoms. The largest absolute Gasteiger partial charge is 0.310 e. The Kier molecular flexibility index (Phi) is 8.75. The molecule has 1 aliphatic heterocycles. The zero-order valence-electron chi connectivity index (χ0n) is 32.6. The van der Waals surface area contributed by atoms with Crippen molar-refractivity contribution >= 4 is 44.9 Å². The molecule has 5 nitrogen and oxygen atoms in total. The first-order chi connectivity index (χ1) is 29.8. The van der Waals surface area contributed by atoms with E-state index in [1.54, 1.807) is 0 Å². The molecule has 0 saturated carbocycles. The quantitative estimate of drug-likeness (QED) is 0.154. The maximum absolute atomic E-state index is 5.09. The molecular weight excluding hydrogens is 731 g/mol. The first kappa shape index (κ1) is 35.0. The van der Waals surface area contributed by atoms with E-state index in [1.165, 1.54) is 22.1 Å². The lowest BCUT2D eigenvalue weighted by Crippen LogP contribution is -2.17. The summed E-state index contributed by atoms with van der Waals surface area (Å²) in [5.41, 5.74) is 14.0. The van der Waals surface area contributed by atoms with Crippen molar-refractivity contribution in [1.29, 1.82) is 0 Å². The molecule has 0 atom stereocenters. The molecule has 1 aromatic heterocycles. The van der Waals surface area contributed by atoms with Gasteiger partial charge in [-0.25, -0.2) is 15.0 Å². The molecule has 0 bridgehead atoms. The number of benzene rings is 9.